The van der Waals surface area contributed by atoms with Gasteiger partial charge in [0.15, 0.2) is 5.16 Å². The van der Waals surface area contributed by atoms with E-state index in [1.807, 2.05) is 35.2 Å². The van der Waals surface area contributed by atoms with Gasteiger partial charge in [-0.2, -0.15) is 0 Å². The Balaban J connectivity index is 1.67. The minimum Gasteiger partial charge on any atom is -0.341 e. The van der Waals surface area contributed by atoms with Gasteiger partial charge in [0.1, 0.15) is 17.4 Å². The molecule has 7 heteroatoms. The van der Waals surface area contributed by atoms with Crippen LogP contribution in [-0.2, 0) is 4.79 Å². The van der Waals surface area contributed by atoms with Crippen LogP contribution in [0.25, 0.3) is 5.69 Å². The van der Waals surface area contributed by atoms with Crippen molar-refractivity contribution in [3.8, 4) is 5.69 Å². The number of para-hydroxylation sites is 1. The molecule has 1 amide bonds. The number of likely N-dealkylation sites (tertiary alicyclic amines) is 1. The Morgan fingerprint density at radius 3 is 2.46 bits per heavy atom. The third-order valence-electron chi connectivity index (χ3n) is 4.85. The number of carbonyl (C=O) groups is 1. The van der Waals surface area contributed by atoms with E-state index in [0.29, 0.717) is 10.8 Å². The normalized spacial score (nSPS) is 15.4. The first-order chi connectivity index (χ1) is 13.7. The number of carbonyl (C=O) groups excluding carboxylic acids is 1. The summed E-state index contributed by atoms with van der Waals surface area (Å²) in [5.41, 5.74) is 1.28. The number of benzene rings is 2. The summed E-state index contributed by atoms with van der Waals surface area (Å²) in [5, 5.41) is 8.16. The maximum absolute atomic E-state index is 14.3. The van der Waals surface area contributed by atoms with Gasteiger partial charge in [-0.05, 0) is 37.0 Å². The van der Waals surface area contributed by atoms with E-state index in [-0.39, 0.29) is 11.7 Å². The average molecular weight is 396 g/mol. The second-order valence-electron chi connectivity index (χ2n) is 6.73. The Bertz CT molecular complexity index is 940. The lowest BCUT2D eigenvalue weighted by Gasteiger charge is -2.30. The predicted octanol–water partition coefficient (Wildman–Crippen LogP) is 4.25. The summed E-state index contributed by atoms with van der Waals surface area (Å²) in [6, 6.07) is 16.2. The van der Waals surface area contributed by atoms with Crippen LogP contribution in [0.15, 0.2) is 66.1 Å². The lowest BCUT2D eigenvalue weighted by molar-refractivity contribution is -0.131. The first kappa shape index (κ1) is 18.7. The standard InChI is InChI=1S/C21H21FN4OS/c22-17-11-5-6-12-18(17)26-15-23-24-21(26)28-19(16-9-3-1-4-10-16)20(27)25-13-7-2-8-14-25/h1,3-6,9-12,15,19H,2,7-8,13-14H2/t19-/m0/s1. The summed E-state index contributed by atoms with van der Waals surface area (Å²) in [5.74, 6) is -0.290. The molecule has 1 fully saturated rings. The van der Waals surface area contributed by atoms with Crippen molar-refractivity contribution in [1.29, 1.82) is 0 Å². The van der Waals surface area contributed by atoms with Gasteiger partial charge in [0.25, 0.3) is 0 Å². The van der Waals surface area contributed by atoms with E-state index < -0.39 is 5.25 Å². The molecule has 0 unspecified atom stereocenters. The molecule has 0 saturated carbocycles. The van der Waals surface area contributed by atoms with Gasteiger partial charge in [0.05, 0.1) is 5.69 Å². The van der Waals surface area contributed by atoms with Crippen LogP contribution in [0.1, 0.15) is 30.1 Å². The van der Waals surface area contributed by atoms with Crippen LogP contribution in [0.4, 0.5) is 4.39 Å². The minimum atomic E-state index is -0.450. The van der Waals surface area contributed by atoms with E-state index in [0.717, 1.165) is 37.9 Å². The molecule has 0 spiro atoms. The second-order valence-corrected chi connectivity index (χ2v) is 7.80. The molecule has 144 valence electrons. The van der Waals surface area contributed by atoms with E-state index in [2.05, 4.69) is 10.2 Å². The SMILES string of the molecule is O=C([C@@H](Sc1nncn1-c1ccccc1F)c1ccccc1)N1CCCCC1. The fourth-order valence-corrected chi connectivity index (χ4v) is 4.50. The number of rotatable bonds is 5. The van der Waals surface area contributed by atoms with Crippen LogP contribution in [0, 0.1) is 5.82 Å². The van der Waals surface area contributed by atoms with Crippen molar-refractivity contribution in [3.63, 3.8) is 0 Å². The first-order valence-corrected chi connectivity index (χ1v) is 10.3. The molecule has 3 aromatic rings. The number of nitrogens with zero attached hydrogens (tertiary/aromatic N) is 4. The maximum Gasteiger partial charge on any atom is 0.240 e. The third kappa shape index (κ3) is 3.94. The van der Waals surface area contributed by atoms with Crippen LogP contribution >= 0.6 is 11.8 Å². The number of aromatic nitrogens is 3. The first-order valence-electron chi connectivity index (χ1n) is 9.39. The average Bonchev–Trinajstić information content (AvgIpc) is 3.21. The van der Waals surface area contributed by atoms with Crippen molar-refractivity contribution in [2.45, 2.75) is 29.7 Å². The fourth-order valence-electron chi connectivity index (χ4n) is 3.39. The Morgan fingerprint density at radius 2 is 1.71 bits per heavy atom. The molecule has 1 saturated heterocycles. The van der Waals surface area contributed by atoms with Gasteiger partial charge in [-0.3, -0.25) is 9.36 Å². The third-order valence-corrected chi connectivity index (χ3v) is 6.04. The van der Waals surface area contributed by atoms with Gasteiger partial charge in [0, 0.05) is 13.1 Å². The molecular formula is C21H21FN4OS. The number of halogens is 1. The summed E-state index contributed by atoms with van der Waals surface area (Å²) < 4.78 is 15.9. The van der Waals surface area contributed by atoms with Gasteiger partial charge in [-0.25, -0.2) is 4.39 Å². The van der Waals surface area contributed by atoms with E-state index in [1.165, 1.54) is 24.2 Å². The molecule has 1 aliphatic heterocycles. The molecule has 28 heavy (non-hydrogen) atoms. The monoisotopic (exact) mass is 396 g/mol. The Morgan fingerprint density at radius 1 is 1.00 bits per heavy atom. The van der Waals surface area contributed by atoms with E-state index in [4.69, 9.17) is 0 Å². The molecule has 1 atom stereocenters. The van der Waals surface area contributed by atoms with Gasteiger partial charge in [0.2, 0.25) is 5.91 Å². The van der Waals surface area contributed by atoms with Crippen molar-refractivity contribution in [3.05, 3.63) is 72.3 Å². The van der Waals surface area contributed by atoms with Crippen LogP contribution in [0.2, 0.25) is 0 Å². The molecule has 0 radical (unpaired) electrons. The van der Waals surface area contributed by atoms with Gasteiger partial charge >= 0.3 is 0 Å². The van der Waals surface area contributed by atoms with Crippen LogP contribution in [-0.4, -0.2) is 38.7 Å². The maximum atomic E-state index is 14.3. The highest BCUT2D eigenvalue weighted by molar-refractivity contribution is 8.00. The largest absolute Gasteiger partial charge is 0.341 e. The topological polar surface area (TPSA) is 51.0 Å². The van der Waals surface area contributed by atoms with Crippen LogP contribution in [0.3, 0.4) is 0 Å². The number of piperidine rings is 1. The zero-order valence-corrected chi connectivity index (χ0v) is 16.2. The Kier molecular flexibility index (Phi) is 5.71. The number of amides is 1. The van der Waals surface area contributed by atoms with Gasteiger partial charge in [-0.1, -0.05) is 54.2 Å². The van der Waals surface area contributed by atoms with Crippen molar-refractivity contribution in [2.24, 2.45) is 0 Å². The van der Waals surface area contributed by atoms with E-state index >= 15 is 0 Å². The minimum absolute atomic E-state index is 0.0685. The molecule has 5 nitrogen and oxygen atoms in total. The Labute approximate surface area is 167 Å². The number of hydrogen-bond acceptors (Lipinski definition) is 4. The van der Waals surface area contributed by atoms with E-state index in [1.54, 1.807) is 22.8 Å². The number of thioether (sulfide) groups is 1. The smallest absolute Gasteiger partial charge is 0.240 e. The molecule has 0 bridgehead atoms. The highest BCUT2D eigenvalue weighted by Crippen LogP contribution is 2.37. The van der Waals surface area contributed by atoms with Crippen molar-refractivity contribution >= 4 is 17.7 Å². The molecule has 2 heterocycles. The summed E-state index contributed by atoms with van der Waals surface area (Å²) in [6.07, 6.45) is 4.70. The fraction of sp³-hybridized carbons (Fsp3) is 0.286. The predicted molar refractivity (Wildman–Crippen MR) is 107 cm³/mol. The van der Waals surface area contributed by atoms with Crippen molar-refractivity contribution < 1.29 is 9.18 Å². The van der Waals surface area contributed by atoms with Crippen LogP contribution < -0.4 is 0 Å². The lowest BCUT2D eigenvalue weighted by atomic mass is 10.1. The van der Waals surface area contributed by atoms with Crippen molar-refractivity contribution in [1.82, 2.24) is 19.7 Å². The molecule has 2 aromatic carbocycles. The molecule has 1 aromatic heterocycles. The highest BCUT2D eigenvalue weighted by Gasteiger charge is 2.29. The Hall–Kier alpha value is -2.67. The lowest BCUT2D eigenvalue weighted by Crippen LogP contribution is -2.38. The second kappa shape index (κ2) is 8.56. The summed E-state index contributed by atoms with van der Waals surface area (Å²) >= 11 is 1.31. The van der Waals surface area contributed by atoms with Gasteiger partial charge in [-0.15, -0.1) is 10.2 Å². The summed E-state index contributed by atoms with van der Waals surface area (Å²) in [4.78, 5) is 15.2. The summed E-state index contributed by atoms with van der Waals surface area (Å²) in [6.45, 7) is 1.56. The molecule has 1 aliphatic rings. The molecule has 0 aliphatic carbocycles. The van der Waals surface area contributed by atoms with Gasteiger partial charge < -0.3 is 4.90 Å². The number of hydrogen-bond donors (Lipinski definition) is 0. The molecule has 4 rings (SSSR count). The van der Waals surface area contributed by atoms with Crippen molar-refractivity contribution in [2.75, 3.05) is 13.1 Å². The van der Waals surface area contributed by atoms with E-state index in [9.17, 15) is 9.18 Å². The molecular weight excluding hydrogens is 375 g/mol. The quantitative estimate of drug-likeness (QED) is 0.605. The van der Waals surface area contributed by atoms with Crippen LogP contribution in [0.5, 0.6) is 0 Å². The molecule has 0 N–H and O–H groups in total. The zero-order valence-electron chi connectivity index (χ0n) is 15.4. The highest BCUT2D eigenvalue weighted by atomic mass is 32.2. The zero-order chi connectivity index (χ0) is 19.3. The summed E-state index contributed by atoms with van der Waals surface area (Å²) in [7, 11) is 0.